The van der Waals surface area contributed by atoms with Crippen LogP contribution in [0.2, 0.25) is 0 Å². The Labute approximate surface area is 130 Å². The maximum Gasteiger partial charge on any atom is 0.221 e. The van der Waals surface area contributed by atoms with Crippen molar-refractivity contribution in [2.75, 3.05) is 40.3 Å². The van der Waals surface area contributed by atoms with Crippen LogP contribution < -0.4 is 4.74 Å². The van der Waals surface area contributed by atoms with E-state index in [4.69, 9.17) is 4.74 Å². The van der Waals surface area contributed by atoms with Crippen molar-refractivity contribution in [3.05, 3.63) is 30.0 Å². The highest BCUT2D eigenvalue weighted by atomic mass is 32.2. The van der Waals surface area contributed by atoms with Gasteiger partial charge >= 0.3 is 0 Å². The third-order valence-electron chi connectivity index (χ3n) is 3.81. The van der Waals surface area contributed by atoms with E-state index in [0.29, 0.717) is 5.88 Å². The number of fused-ring (bicyclic) bond motifs is 1. The average molecular weight is 303 g/mol. The quantitative estimate of drug-likeness (QED) is 0.813. The van der Waals surface area contributed by atoms with Crippen LogP contribution in [0.4, 0.5) is 0 Å². The normalized spacial score (nSPS) is 17.3. The molecule has 0 saturated carbocycles. The van der Waals surface area contributed by atoms with Gasteiger partial charge in [0.15, 0.2) is 0 Å². The van der Waals surface area contributed by atoms with Crippen molar-refractivity contribution >= 4 is 22.7 Å². The molecule has 0 unspecified atom stereocenters. The van der Waals surface area contributed by atoms with Crippen molar-refractivity contribution in [1.82, 2.24) is 14.2 Å². The number of ether oxygens (including phenoxy) is 1. The summed E-state index contributed by atoms with van der Waals surface area (Å²) in [6.07, 6.45) is 0. The van der Waals surface area contributed by atoms with Gasteiger partial charge in [-0.2, -0.15) is 0 Å². The fourth-order valence-corrected chi connectivity index (χ4v) is 3.63. The van der Waals surface area contributed by atoms with Crippen molar-refractivity contribution in [2.45, 2.75) is 11.8 Å². The SMILES string of the molecule is COc1nc(C)cc2c(SN3CCN(C)CC3)cccc12. The lowest BCUT2D eigenvalue weighted by Crippen LogP contribution is -2.40. The van der Waals surface area contributed by atoms with Gasteiger partial charge in [-0.15, -0.1) is 0 Å². The number of aromatic nitrogens is 1. The molecule has 4 nitrogen and oxygen atoms in total. The molecule has 0 spiro atoms. The minimum absolute atomic E-state index is 0.714. The molecule has 0 aliphatic carbocycles. The van der Waals surface area contributed by atoms with Gasteiger partial charge in [0.2, 0.25) is 5.88 Å². The summed E-state index contributed by atoms with van der Waals surface area (Å²) >= 11 is 1.85. The minimum Gasteiger partial charge on any atom is -0.481 e. The Bertz CT molecular complexity index is 639. The second kappa shape index (κ2) is 6.22. The molecule has 0 atom stereocenters. The lowest BCUT2D eigenvalue weighted by atomic mass is 10.1. The standard InChI is InChI=1S/C16H21N3OS/c1-12-11-14-13(16(17-12)20-3)5-4-6-15(14)21-19-9-7-18(2)8-10-19/h4-6,11H,7-10H2,1-3H3. The van der Waals surface area contributed by atoms with E-state index in [1.807, 2.05) is 18.9 Å². The molecule has 2 heterocycles. The number of likely N-dealkylation sites (N-methyl/N-ethyl adjacent to an activating group) is 1. The Balaban J connectivity index is 1.93. The van der Waals surface area contributed by atoms with Crippen LogP contribution >= 0.6 is 11.9 Å². The molecular formula is C16H21N3OS. The lowest BCUT2D eigenvalue weighted by Gasteiger charge is -2.31. The van der Waals surface area contributed by atoms with E-state index in [1.54, 1.807) is 7.11 Å². The van der Waals surface area contributed by atoms with Gasteiger partial charge in [-0.3, -0.25) is 0 Å². The number of benzene rings is 1. The Morgan fingerprint density at radius 2 is 1.90 bits per heavy atom. The van der Waals surface area contributed by atoms with Crippen molar-refractivity contribution in [1.29, 1.82) is 0 Å². The van der Waals surface area contributed by atoms with Gasteiger partial charge in [0.1, 0.15) is 0 Å². The summed E-state index contributed by atoms with van der Waals surface area (Å²) in [4.78, 5) is 8.12. The van der Waals surface area contributed by atoms with E-state index in [-0.39, 0.29) is 0 Å². The van der Waals surface area contributed by atoms with Gasteiger partial charge < -0.3 is 9.64 Å². The molecule has 1 aliphatic rings. The summed E-state index contributed by atoms with van der Waals surface area (Å²) in [5.74, 6) is 0.714. The number of piperazine rings is 1. The fourth-order valence-electron chi connectivity index (χ4n) is 2.59. The number of rotatable bonds is 3. The average Bonchev–Trinajstić information content (AvgIpc) is 2.49. The van der Waals surface area contributed by atoms with Gasteiger partial charge in [0.25, 0.3) is 0 Å². The van der Waals surface area contributed by atoms with E-state index in [2.05, 4.69) is 45.5 Å². The molecule has 112 valence electrons. The molecule has 0 bridgehead atoms. The third-order valence-corrected chi connectivity index (χ3v) is 4.99. The van der Waals surface area contributed by atoms with Crippen LogP contribution in [-0.2, 0) is 0 Å². The van der Waals surface area contributed by atoms with Crippen LogP contribution in [0.15, 0.2) is 29.2 Å². The molecule has 5 heteroatoms. The number of hydrogen-bond acceptors (Lipinski definition) is 5. The van der Waals surface area contributed by atoms with Gasteiger partial charge in [0, 0.05) is 47.5 Å². The Kier molecular flexibility index (Phi) is 4.33. The number of aryl methyl sites for hydroxylation is 1. The van der Waals surface area contributed by atoms with Crippen molar-refractivity contribution in [3.8, 4) is 5.88 Å². The molecule has 0 N–H and O–H groups in total. The van der Waals surface area contributed by atoms with Crippen LogP contribution in [0.5, 0.6) is 5.88 Å². The van der Waals surface area contributed by atoms with Crippen LogP contribution in [0, 0.1) is 6.92 Å². The smallest absolute Gasteiger partial charge is 0.221 e. The summed E-state index contributed by atoms with van der Waals surface area (Å²) in [6.45, 7) is 6.46. The first-order chi connectivity index (χ1) is 10.2. The zero-order chi connectivity index (χ0) is 14.8. The van der Waals surface area contributed by atoms with Crippen molar-refractivity contribution in [3.63, 3.8) is 0 Å². The maximum atomic E-state index is 5.43. The largest absolute Gasteiger partial charge is 0.481 e. The van der Waals surface area contributed by atoms with Crippen LogP contribution in [-0.4, -0.2) is 54.5 Å². The molecule has 1 aromatic carbocycles. The number of hydrogen-bond donors (Lipinski definition) is 0. The topological polar surface area (TPSA) is 28.6 Å². The van der Waals surface area contributed by atoms with Crippen LogP contribution in [0.1, 0.15) is 5.69 Å². The molecule has 0 amide bonds. The van der Waals surface area contributed by atoms with E-state index >= 15 is 0 Å². The summed E-state index contributed by atoms with van der Waals surface area (Å²) in [6, 6.07) is 8.50. The predicted octanol–water partition coefficient (Wildman–Crippen LogP) is 2.81. The van der Waals surface area contributed by atoms with Gasteiger partial charge in [-0.05, 0) is 44.1 Å². The molecule has 21 heavy (non-hydrogen) atoms. The fraction of sp³-hybridized carbons (Fsp3) is 0.438. The lowest BCUT2D eigenvalue weighted by molar-refractivity contribution is 0.233. The summed E-state index contributed by atoms with van der Waals surface area (Å²) in [7, 11) is 3.86. The van der Waals surface area contributed by atoms with Gasteiger partial charge in [-0.25, -0.2) is 9.29 Å². The molecule has 0 radical (unpaired) electrons. The maximum absolute atomic E-state index is 5.43. The van der Waals surface area contributed by atoms with Crippen LogP contribution in [0.25, 0.3) is 10.8 Å². The first kappa shape index (κ1) is 14.6. The molecule has 1 fully saturated rings. The number of pyridine rings is 1. The highest BCUT2D eigenvalue weighted by Gasteiger charge is 2.16. The molecule has 1 aromatic heterocycles. The molecule has 1 aliphatic heterocycles. The first-order valence-corrected chi connectivity index (χ1v) is 8.00. The van der Waals surface area contributed by atoms with Gasteiger partial charge in [0.05, 0.1) is 7.11 Å². The van der Waals surface area contributed by atoms with Crippen molar-refractivity contribution < 1.29 is 4.74 Å². The van der Waals surface area contributed by atoms with E-state index < -0.39 is 0 Å². The first-order valence-electron chi connectivity index (χ1n) is 7.23. The van der Waals surface area contributed by atoms with E-state index in [9.17, 15) is 0 Å². The van der Waals surface area contributed by atoms with E-state index in [0.717, 1.165) is 37.3 Å². The number of nitrogens with zero attached hydrogens (tertiary/aromatic N) is 3. The Hall–Kier alpha value is -1.30. The Morgan fingerprint density at radius 1 is 1.14 bits per heavy atom. The van der Waals surface area contributed by atoms with Crippen LogP contribution in [0.3, 0.4) is 0 Å². The van der Waals surface area contributed by atoms with Gasteiger partial charge in [-0.1, -0.05) is 6.07 Å². The summed E-state index contributed by atoms with van der Waals surface area (Å²) in [5.41, 5.74) is 0.991. The third kappa shape index (κ3) is 3.15. The highest BCUT2D eigenvalue weighted by Crippen LogP contribution is 2.34. The summed E-state index contributed by atoms with van der Waals surface area (Å²) in [5, 5.41) is 2.31. The Morgan fingerprint density at radius 3 is 2.62 bits per heavy atom. The predicted molar refractivity (Wildman–Crippen MR) is 88.0 cm³/mol. The molecular weight excluding hydrogens is 282 g/mol. The molecule has 3 rings (SSSR count). The summed E-state index contributed by atoms with van der Waals surface area (Å²) < 4.78 is 7.87. The monoisotopic (exact) mass is 303 g/mol. The molecule has 2 aromatic rings. The van der Waals surface area contributed by atoms with E-state index in [1.165, 1.54) is 10.3 Å². The number of methoxy groups -OCH3 is 1. The molecule has 1 saturated heterocycles. The second-order valence-electron chi connectivity index (χ2n) is 5.45. The zero-order valence-electron chi connectivity index (χ0n) is 12.8. The minimum atomic E-state index is 0.714. The van der Waals surface area contributed by atoms with Crippen molar-refractivity contribution in [2.24, 2.45) is 0 Å². The highest BCUT2D eigenvalue weighted by molar-refractivity contribution is 7.97. The second-order valence-corrected chi connectivity index (χ2v) is 6.59. The zero-order valence-corrected chi connectivity index (χ0v) is 13.6.